The van der Waals surface area contributed by atoms with E-state index < -0.39 is 0 Å². The van der Waals surface area contributed by atoms with Crippen molar-refractivity contribution >= 4 is 11.3 Å². The number of rotatable bonds is 3. The van der Waals surface area contributed by atoms with Gasteiger partial charge in [-0.25, -0.2) is 4.98 Å². The number of thiazole rings is 1. The van der Waals surface area contributed by atoms with E-state index in [4.69, 9.17) is 9.15 Å². The summed E-state index contributed by atoms with van der Waals surface area (Å²) in [5, 5.41) is 11.2. The summed E-state index contributed by atoms with van der Waals surface area (Å²) in [5.74, 6) is 1.23. The van der Waals surface area contributed by atoms with Crippen LogP contribution in [0.25, 0.3) is 0 Å². The average Bonchev–Trinajstić information content (AvgIpc) is 3.21. The van der Waals surface area contributed by atoms with Crippen LogP contribution in [-0.2, 0) is 11.3 Å². The molecule has 0 unspecified atom stereocenters. The van der Waals surface area contributed by atoms with Gasteiger partial charge in [0.15, 0.2) is 0 Å². The fraction of sp³-hybridized carbons (Fsp3) is 0.643. The Morgan fingerprint density at radius 1 is 1.33 bits per heavy atom. The number of aryl methyl sites for hydroxylation is 1. The van der Waals surface area contributed by atoms with Gasteiger partial charge < -0.3 is 9.15 Å². The molecule has 6 nitrogen and oxygen atoms in total. The molecule has 0 spiro atoms. The molecule has 0 saturated carbocycles. The Balaban J connectivity index is 1.42. The van der Waals surface area contributed by atoms with Crippen LogP contribution in [0.1, 0.15) is 42.2 Å². The van der Waals surface area contributed by atoms with Crippen molar-refractivity contribution in [2.24, 2.45) is 0 Å². The molecule has 0 aromatic carbocycles. The fourth-order valence-electron chi connectivity index (χ4n) is 3.34. The molecule has 2 aliphatic rings. The number of aromatic nitrogens is 3. The molecule has 0 radical (unpaired) electrons. The van der Waals surface area contributed by atoms with Crippen molar-refractivity contribution in [1.29, 1.82) is 0 Å². The lowest BCUT2D eigenvalue weighted by Crippen LogP contribution is -2.40. The van der Waals surface area contributed by atoms with Gasteiger partial charge in [0.05, 0.1) is 12.6 Å². The smallest absolute Gasteiger partial charge is 0.245 e. The van der Waals surface area contributed by atoms with Gasteiger partial charge in [-0.05, 0) is 19.3 Å². The van der Waals surface area contributed by atoms with Gasteiger partial charge in [-0.15, -0.1) is 21.5 Å². The van der Waals surface area contributed by atoms with Crippen molar-refractivity contribution in [2.75, 3.05) is 6.54 Å². The van der Waals surface area contributed by atoms with Crippen LogP contribution >= 0.6 is 11.3 Å². The topological polar surface area (TPSA) is 64.3 Å². The van der Waals surface area contributed by atoms with E-state index in [0.717, 1.165) is 32.4 Å². The second-order valence-electron chi connectivity index (χ2n) is 5.65. The van der Waals surface area contributed by atoms with Crippen molar-refractivity contribution in [3.05, 3.63) is 28.4 Å². The van der Waals surface area contributed by atoms with E-state index in [2.05, 4.69) is 20.1 Å². The maximum absolute atomic E-state index is 6.20. The van der Waals surface area contributed by atoms with Crippen LogP contribution in [0.4, 0.5) is 0 Å². The second-order valence-corrected chi connectivity index (χ2v) is 6.63. The molecule has 2 aliphatic heterocycles. The molecule has 0 bridgehead atoms. The van der Waals surface area contributed by atoms with Crippen LogP contribution in [0.15, 0.2) is 16.0 Å². The minimum Gasteiger partial charge on any atom is -0.423 e. The van der Waals surface area contributed by atoms with E-state index in [9.17, 15) is 0 Å². The van der Waals surface area contributed by atoms with Crippen molar-refractivity contribution in [2.45, 2.75) is 51.0 Å². The highest BCUT2D eigenvalue weighted by Crippen LogP contribution is 2.38. The first kappa shape index (κ1) is 13.4. The first-order chi connectivity index (χ1) is 10.3. The monoisotopic (exact) mass is 306 g/mol. The predicted molar refractivity (Wildman–Crippen MR) is 76.8 cm³/mol. The molecule has 0 N–H and O–H groups in total. The van der Waals surface area contributed by atoms with Gasteiger partial charge in [-0.1, -0.05) is 0 Å². The minimum atomic E-state index is -0.0349. The Morgan fingerprint density at radius 2 is 2.29 bits per heavy atom. The Bertz CT molecular complexity index is 600. The summed E-state index contributed by atoms with van der Waals surface area (Å²) in [5.41, 5.74) is 0. The van der Waals surface area contributed by atoms with Crippen LogP contribution in [0.3, 0.4) is 0 Å². The summed E-state index contributed by atoms with van der Waals surface area (Å²) in [7, 11) is 0. The maximum Gasteiger partial charge on any atom is 0.245 e. The Hall–Kier alpha value is -1.31. The molecular weight excluding hydrogens is 288 g/mol. The van der Waals surface area contributed by atoms with E-state index in [-0.39, 0.29) is 12.2 Å². The van der Waals surface area contributed by atoms with Crippen molar-refractivity contribution in [3.8, 4) is 0 Å². The largest absolute Gasteiger partial charge is 0.423 e. The lowest BCUT2D eigenvalue weighted by Gasteiger charge is -2.34. The van der Waals surface area contributed by atoms with Crippen LogP contribution < -0.4 is 0 Å². The highest BCUT2D eigenvalue weighted by atomic mass is 32.1. The van der Waals surface area contributed by atoms with E-state index in [1.165, 1.54) is 5.01 Å². The number of hydrogen-bond donors (Lipinski definition) is 0. The summed E-state index contributed by atoms with van der Waals surface area (Å²) >= 11 is 1.72. The van der Waals surface area contributed by atoms with E-state index in [0.29, 0.717) is 17.8 Å². The highest BCUT2D eigenvalue weighted by Gasteiger charge is 2.41. The molecule has 2 fully saturated rings. The summed E-state index contributed by atoms with van der Waals surface area (Å²) in [4.78, 5) is 6.88. The quantitative estimate of drug-likeness (QED) is 0.867. The fourth-order valence-corrected chi connectivity index (χ4v) is 3.98. The van der Waals surface area contributed by atoms with Crippen molar-refractivity contribution < 1.29 is 9.15 Å². The van der Waals surface area contributed by atoms with Gasteiger partial charge in [0.1, 0.15) is 11.1 Å². The molecule has 2 saturated heterocycles. The zero-order chi connectivity index (χ0) is 14.2. The standard InChI is InChI=1S/C14H18N4O2S/c1-9-16-17-14(19-9)12-3-2-10-11(20-12)4-6-18(10)8-13-15-5-7-21-13/h5,7,10-12H,2-4,6,8H2,1H3/t10-,11-,12+/m1/s1. The third-order valence-electron chi connectivity index (χ3n) is 4.30. The van der Waals surface area contributed by atoms with Crippen LogP contribution in [0, 0.1) is 6.92 Å². The molecule has 112 valence electrons. The van der Waals surface area contributed by atoms with Crippen LogP contribution in [0.2, 0.25) is 0 Å². The third-order valence-corrected chi connectivity index (χ3v) is 5.07. The van der Waals surface area contributed by atoms with Gasteiger partial charge in [0.2, 0.25) is 11.8 Å². The van der Waals surface area contributed by atoms with Crippen LogP contribution in [0.5, 0.6) is 0 Å². The van der Waals surface area contributed by atoms with Gasteiger partial charge in [0.25, 0.3) is 0 Å². The predicted octanol–water partition coefficient (Wildman–Crippen LogP) is 2.33. The van der Waals surface area contributed by atoms with Gasteiger partial charge in [-0.3, -0.25) is 4.90 Å². The number of fused-ring (bicyclic) bond motifs is 1. The lowest BCUT2D eigenvalue weighted by atomic mass is 9.99. The molecule has 0 amide bonds. The summed E-state index contributed by atoms with van der Waals surface area (Å²) in [6.07, 6.45) is 5.24. The number of nitrogens with zero attached hydrogens (tertiary/aromatic N) is 4. The van der Waals surface area contributed by atoms with Gasteiger partial charge in [-0.2, -0.15) is 0 Å². The minimum absolute atomic E-state index is 0.0349. The van der Waals surface area contributed by atoms with E-state index in [1.807, 2.05) is 18.5 Å². The molecule has 4 rings (SSSR count). The van der Waals surface area contributed by atoms with Crippen molar-refractivity contribution in [3.63, 3.8) is 0 Å². The molecule has 7 heteroatoms. The molecule has 2 aromatic heterocycles. The van der Waals surface area contributed by atoms with Gasteiger partial charge in [0, 0.05) is 31.1 Å². The lowest BCUT2D eigenvalue weighted by molar-refractivity contribution is -0.0818. The third kappa shape index (κ3) is 2.61. The Morgan fingerprint density at radius 3 is 3.05 bits per heavy atom. The summed E-state index contributed by atoms with van der Waals surface area (Å²) in [6, 6.07) is 0.495. The molecular formula is C14H18N4O2S. The van der Waals surface area contributed by atoms with Gasteiger partial charge >= 0.3 is 0 Å². The number of ether oxygens (including phenoxy) is 1. The summed E-state index contributed by atoms with van der Waals surface area (Å²) < 4.78 is 11.7. The zero-order valence-corrected chi connectivity index (χ0v) is 12.8. The molecule has 3 atom stereocenters. The van der Waals surface area contributed by atoms with Crippen molar-refractivity contribution in [1.82, 2.24) is 20.1 Å². The molecule has 0 aliphatic carbocycles. The van der Waals surface area contributed by atoms with Crippen LogP contribution in [-0.4, -0.2) is 38.8 Å². The molecule has 4 heterocycles. The molecule has 2 aromatic rings. The molecule has 21 heavy (non-hydrogen) atoms. The Kier molecular flexibility index (Phi) is 3.48. The SMILES string of the molecule is Cc1nnc([C@@H]2CC[C@@H]3[C@@H](CCN3Cc3nccs3)O2)o1. The number of hydrogen-bond acceptors (Lipinski definition) is 7. The van der Waals surface area contributed by atoms with E-state index in [1.54, 1.807) is 11.3 Å². The number of likely N-dealkylation sites (tertiary alicyclic amines) is 1. The second kappa shape index (κ2) is 5.47. The zero-order valence-electron chi connectivity index (χ0n) is 11.9. The van der Waals surface area contributed by atoms with E-state index >= 15 is 0 Å². The Labute approximate surface area is 127 Å². The highest BCUT2D eigenvalue weighted by molar-refractivity contribution is 7.09. The first-order valence-corrected chi connectivity index (χ1v) is 8.25. The average molecular weight is 306 g/mol. The summed E-state index contributed by atoms with van der Waals surface area (Å²) in [6.45, 7) is 3.82. The first-order valence-electron chi connectivity index (χ1n) is 7.37. The normalized spacial score (nSPS) is 29.7. The maximum atomic E-state index is 6.20.